The second-order valence-corrected chi connectivity index (χ2v) is 7.95. The third kappa shape index (κ3) is 5.37. The van der Waals surface area contributed by atoms with Gasteiger partial charge in [0.25, 0.3) is 5.91 Å². The van der Waals surface area contributed by atoms with Gasteiger partial charge in [-0.15, -0.1) is 0 Å². The van der Waals surface area contributed by atoms with E-state index in [4.69, 9.17) is 9.15 Å². The van der Waals surface area contributed by atoms with Gasteiger partial charge in [0, 0.05) is 6.54 Å². The molecule has 7 heteroatoms. The van der Waals surface area contributed by atoms with Crippen LogP contribution in [0.15, 0.2) is 64.8 Å². The van der Waals surface area contributed by atoms with Crippen LogP contribution in [0, 0.1) is 6.92 Å². The van der Waals surface area contributed by atoms with Gasteiger partial charge in [0.15, 0.2) is 11.5 Å². The summed E-state index contributed by atoms with van der Waals surface area (Å²) in [6.07, 6.45) is 2.38. The fourth-order valence-electron chi connectivity index (χ4n) is 4.06. The molecule has 0 saturated carbocycles. The lowest BCUT2D eigenvalue weighted by atomic mass is 9.95. The molecule has 33 heavy (non-hydrogen) atoms. The average Bonchev–Trinajstić information content (AvgIpc) is 3.37. The first-order valence-electron chi connectivity index (χ1n) is 11.3. The molecule has 0 spiro atoms. The van der Waals surface area contributed by atoms with Crippen molar-refractivity contribution >= 4 is 11.7 Å². The SMILES string of the molecule is C=CCOc1ccc([C@@H]2C(C(=O)c3ccc(C)o3)=C(O)C(=O)N2CCCN(CC)CC)cc1. The number of hydrogen-bond acceptors (Lipinski definition) is 6. The number of Topliss-reactive ketones (excluding diaryl/α,β-unsaturated/α-hetero) is 1. The fraction of sp³-hybridized carbons (Fsp3) is 0.385. The highest BCUT2D eigenvalue weighted by molar-refractivity contribution is 6.15. The number of amides is 1. The highest BCUT2D eigenvalue weighted by Crippen LogP contribution is 2.39. The summed E-state index contributed by atoms with van der Waals surface area (Å²) >= 11 is 0. The Balaban J connectivity index is 1.93. The molecule has 176 valence electrons. The quantitative estimate of drug-likeness (QED) is 0.378. The second kappa shape index (κ2) is 11.0. The summed E-state index contributed by atoms with van der Waals surface area (Å²) in [4.78, 5) is 30.2. The van der Waals surface area contributed by atoms with Gasteiger partial charge in [-0.2, -0.15) is 0 Å². The van der Waals surface area contributed by atoms with Crippen molar-refractivity contribution in [1.82, 2.24) is 9.80 Å². The average molecular weight is 453 g/mol. The first-order chi connectivity index (χ1) is 15.9. The van der Waals surface area contributed by atoms with E-state index < -0.39 is 23.5 Å². The minimum absolute atomic E-state index is 0.0388. The van der Waals surface area contributed by atoms with Crippen LogP contribution in [0.3, 0.4) is 0 Å². The molecule has 1 aliphatic heterocycles. The number of aliphatic hydroxyl groups is 1. The van der Waals surface area contributed by atoms with E-state index in [-0.39, 0.29) is 11.3 Å². The van der Waals surface area contributed by atoms with Gasteiger partial charge in [0.2, 0.25) is 5.78 Å². The van der Waals surface area contributed by atoms with E-state index in [9.17, 15) is 14.7 Å². The van der Waals surface area contributed by atoms with E-state index >= 15 is 0 Å². The Kier molecular flexibility index (Phi) is 8.11. The maximum Gasteiger partial charge on any atom is 0.290 e. The standard InChI is InChI=1S/C26H32N2O5/c1-5-17-32-20-12-10-19(11-13-20)23-22(24(29)21-14-9-18(4)33-21)25(30)26(31)28(23)16-8-15-27(6-2)7-3/h5,9-14,23,30H,1,6-8,15-17H2,2-4H3/t23-/m1/s1. The summed E-state index contributed by atoms with van der Waals surface area (Å²) in [5.74, 6) is -0.218. The van der Waals surface area contributed by atoms with Crippen molar-refractivity contribution in [2.24, 2.45) is 0 Å². The van der Waals surface area contributed by atoms with Crippen LogP contribution >= 0.6 is 0 Å². The van der Waals surface area contributed by atoms with Crippen LogP contribution in [0.2, 0.25) is 0 Å². The summed E-state index contributed by atoms with van der Waals surface area (Å²) in [6, 6.07) is 9.73. The van der Waals surface area contributed by atoms with Crippen LogP contribution in [0.5, 0.6) is 5.75 Å². The highest BCUT2D eigenvalue weighted by atomic mass is 16.5. The van der Waals surface area contributed by atoms with Gasteiger partial charge in [0.05, 0.1) is 11.6 Å². The number of nitrogens with zero attached hydrogens (tertiary/aromatic N) is 2. The van der Waals surface area contributed by atoms with E-state index in [1.165, 1.54) is 0 Å². The number of hydrogen-bond donors (Lipinski definition) is 1. The fourth-order valence-corrected chi connectivity index (χ4v) is 4.06. The topological polar surface area (TPSA) is 83.2 Å². The van der Waals surface area contributed by atoms with Gasteiger partial charge in [0.1, 0.15) is 18.1 Å². The Morgan fingerprint density at radius 1 is 1.21 bits per heavy atom. The molecule has 3 rings (SSSR count). The Hall–Kier alpha value is -3.32. The number of rotatable bonds is 12. The van der Waals surface area contributed by atoms with Crippen LogP contribution in [-0.2, 0) is 4.79 Å². The van der Waals surface area contributed by atoms with Crippen LogP contribution in [0.4, 0.5) is 0 Å². The molecule has 0 bridgehead atoms. The van der Waals surface area contributed by atoms with Gasteiger partial charge < -0.3 is 24.1 Å². The Morgan fingerprint density at radius 3 is 2.48 bits per heavy atom. The normalized spacial score (nSPS) is 16.1. The lowest BCUT2D eigenvalue weighted by Crippen LogP contribution is -2.34. The van der Waals surface area contributed by atoms with E-state index in [0.29, 0.717) is 30.2 Å². The summed E-state index contributed by atoms with van der Waals surface area (Å²) in [7, 11) is 0. The van der Waals surface area contributed by atoms with Crippen molar-refractivity contribution < 1.29 is 23.8 Å². The third-order valence-electron chi connectivity index (χ3n) is 5.84. The van der Waals surface area contributed by atoms with E-state index in [0.717, 1.165) is 26.1 Å². The molecule has 1 atom stereocenters. The Labute approximate surface area is 194 Å². The van der Waals surface area contributed by atoms with E-state index in [1.54, 1.807) is 42.2 Å². The summed E-state index contributed by atoms with van der Waals surface area (Å²) in [5, 5.41) is 10.7. The van der Waals surface area contributed by atoms with Crippen molar-refractivity contribution in [2.45, 2.75) is 33.2 Å². The monoisotopic (exact) mass is 452 g/mol. The number of ketones is 1. The minimum Gasteiger partial charge on any atom is -0.503 e. The maximum absolute atomic E-state index is 13.3. The van der Waals surface area contributed by atoms with Crippen molar-refractivity contribution in [3.63, 3.8) is 0 Å². The first-order valence-corrected chi connectivity index (χ1v) is 11.3. The molecule has 1 amide bonds. The molecule has 1 aromatic carbocycles. The molecule has 1 N–H and O–H groups in total. The van der Waals surface area contributed by atoms with Gasteiger partial charge in [-0.05, 0) is 62.8 Å². The zero-order chi connectivity index (χ0) is 24.0. The van der Waals surface area contributed by atoms with Gasteiger partial charge >= 0.3 is 0 Å². The van der Waals surface area contributed by atoms with Crippen LogP contribution in [0.25, 0.3) is 0 Å². The summed E-state index contributed by atoms with van der Waals surface area (Å²) in [5.41, 5.74) is 0.754. The van der Waals surface area contributed by atoms with Gasteiger partial charge in [-0.1, -0.05) is 38.6 Å². The van der Waals surface area contributed by atoms with Crippen LogP contribution in [-0.4, -0.2) is 59.4 Å². The summed E-state index contributed by atoms with van der Waals surface area (Å²) < 4.78 is 11.1. The van der Waals surface area contributed by atoms with E-state index in [1.807, 2.05) is 12.1 Å². The van der Waals surface area contributed by atoms with Crippen molar-refractivity contribution in [3.05, 3.63) is 77.5 Å². The number of aryl methyl sites for hydroxylation is 1. The van der Waals surface area contributed by atoms with Crippen molar-refractivity contribution in [2.75, 3.05) is 32.8 Å². The van der Waals surface area contributed by atoms with Crippen molar-refractivity contribution in [1.29, 1.82) is 0 Å². The van der Waals surface area contributed by atoms with E-state index in [2.05, 4.69) is 25.3 Å². The van der Waals surface area contributed by atoms with Crippen LogP contribution < -0.4 is 4.74 Å². The molecule has 0 fully saturated rings. The number of carbonyl (C=O) groups is 2. The second-order valence-electron chi connectivity index (χ2n) is 7.95. The van der Waals surface area contributed by atoms with Crippen molar-refractivity contribution in [3.8, 4) is 5.75 Å². The predicted molar refractivity (Wildman–Crippen MR) is 126 cm³/mol. The molecule has 0 saturated heterocycles. The molecule has 2 heterocycles. The number of benzene rings is 1. The maximum atomic E-state index is 13.3. The number of carbonyl (C=O) groups excluding carboxylic acids is 2. The first kappa shape index (κ1) is 24.3. The molecule has 0 aliphatic carbocycles. The largest absolute Gasteiger partial charge is 0.503 e. The molecule has 2 aromatic rings. The summed E-state index contributed by atoms with van der Waals surface area (Å²) in [6.45, 7) is 13.0. The molecule has 0 radical (unpaired) electrons. The lowest BCUT2D eigenvalue weighted by Gasteiger charge is -2.28. The third-order valence-corrected chi connectivity index (χ3v) is 5.84. The molecular weight excluding hydrogens is 420 g/mol. The number of ether oxygens (including phenoxy) is 1. The molecule has 0 unspecified atom stereocenters. The predicted octanol–water partition coefficient (Wildman–Crippen LogP) is 4.46. The zero-order valence-corrected chi connectivity index (χ0v) is 19.5. The minimum atomic E-state index is -0.708. The lowest BCUT2D eigenvalue weighted by molar-refractivity contribution is -0.129. The smallest absolute Gasteiger partial charge is 0.290 e. The Bertz CT molecular complexity index is 1020. The highest BCUT2D eigenvalue weighted by Gasteiger charge is 2.44. The van der Waals surface area contributed by atoms with Crippen LogP contribution in [0.1, 0.15) is 48.2 Å². The van der Waals surface area contributed by atoms with Gasteiger partial charge in [-0.3, -0.25) is 9.59 Å². The van der Waals surface area contributed by atoms with Gasteiger partial charge in [-0.25, -0.2) is 0 Å². The zero-order valence-electron chi connectivity index (χ0n) is 19.5. The molecule has 1 aromatic heterocycles. The number of furan rings is 1. The number of aliphatic hydroxyl groups excluding tert-OH is 1. The molecular formula is C26H32N2O5. The molecule has 7 nitrogen and oxygen atoms in total. The molecule has 1 aliphatic rings. The Morgan fingerprint density at radius 2 is 1.91 bits per heavy atom.